The van der Waals surface area contributed by atoms with Crippen LogP contribution in [0.25, 0.3) is 38.2 Å². The summed E-state index contributed by atoms with van der Waals surface area (Å²) in [6, 6.07) is 26.8. The molecule has 4 aromatic rings. The van der Waals surface area contributed by atoms with Gasteiger partial charge in [0.2, 0.25) is 0 Å². The third-order valence-corrected chi connectivity index (χ3v) is 6.63. The highest BCUT2D eigenvalue weighted by molar-refractivity contribution is 6.18. The molecule has 2 nitrogen and oxygen atoms in total. The molecule has 4 aromatic carbocycles. The van der Waals surface area contributed by atoms with E-state index in [0.717, 1.165) is 12.8 Å². The lowest BCUT2D eigenvalue weighted by Gasteiger charge is -2.24. The Balaban J connectivity index is 1.81. The van der Waals surface area contributed by atoms with Gasteiger partial charge in [0.1, 0.15) is 0 Å². The molecule has 1 aliphatic rings. The van der Waals surface area contributed by atoms with Crippen molar-refractivity contribution < 1.29 is 0 Å². The molecule has 0 heterocycles. The lowest BCUT2D eigenvalue weighted by atomic mass is 9.83. The summed E-state index contributed by atoms with van der Waals surface area (Å²) in [4.78, 5) is 4.37. The van der Waals surface area contributed by atoms with Gasteiger partial charge in [0.15, 0.2) is 0 Å². The Morgan fingerprint density at radius 3 is 1.50 bits per heavy atom. The van der Waals surface area contributed by atoms with Crippen LogP contribution in [0, 0.1) is 0 Å². The average Bonchev–Trinajstić information content (AvgIpc) is 2.82. The zero-order valence-corrected chi connectivity index (χ0v) is 19.4. The molecule has 5 rings (SSSR count). The molecule has 0 fully saturated rings. The van der Waals surface area contributed by atoms with Crippen LogP contribution in [0.15, 0.2) is 90.6 Å². The fraction of sp³-hybridized carbons (Fsp3) is 0.200. The highest BCUT2D eigenvalue weighted by Gasteiger charge is 2.19. The summed E-state index contributed by atoms with van der Waals surface area (Å²) in [5, 5.41) is 5.32. The minimum atomic E-state index is 1.06. The van der Waals surface area contributed by atoms with Crippen LogP contribution < -0.4 is 4.90 Å². The average molecular weight is 419 g/mol. The topological polar surface area (TPSA) is 6.48 Å². The fourth-order valence-electron chi connectivity index (χ4n) is 4.92. The van der Waals surface area contributed by atoms with Gasteiger partial charge in [-0.1, -0.05) is 66.7 Å². The number of rotatable bonds is 4. The van der Waals surface area contributed by atoms with Gasteiger partial charge >= 0.3 is 0 Å². The smallest absolute Gasteiger partial charge is 0.0361 e. The van der Waals surface area contributed by atoms with Crippen molar-refractivity contribution in [1.82, 2.24) is 4.90 Å². The molecule has 1 aliphatic carbocycles. The quantitative estimate of drug-likeness (QED) is 0.320. The van der Waals surface area contributed by atoms with Gasteiger partial charge in [-0.15, -0.1) is 0 Å². The van der Waals surface area contributed by atoms with Gasteiger partial charge in [-0.05, 0) is 74.9 Å². The Labute approximate surface area is 191 Å². The number of nitrogens with zero attached hydrogens (tertiary/aromatic N) is 2. The maximum Gasteiger partial charge on any atom is 0.0361 e. The Morgan fingerprint density at radius 1 is 0.531 bits per heavy atom. The summed E-state index contributed by atoms with van der Waals surface area (Å²) in [5.74, 6) is 0. The molecule has 0 unspecified atom stereocenters. The maximum absolute atomic E-state index is 2.33. The largest absolute Gasteiger partial charge is 0.381 e. The molecule has 0 aromatic heterocycles. The first-order chi connectivity index (χ1) is 15.5. The number of hydrogen-bond acceptors (Lipinski definition) is 2. The van der Waals surface area contributed by atoms with Crippen molar-refractivity contribution in [2.45, 2.75) is 12.8 Å². The minimum Gasteiger partial charge on any atom is -0.381 e. The normalized spacial score (nSPS) is 13.8. The molecule has 2 heteroatoms. The minimum absolute atomic E-state index is 1.06. The molecule has 0 atom stereocenters. The van der Waals surface area contributed by atoms with Crippen LogP contribution in [-0.4, -0.2) is 33.1 Å². The summed E-state index contributed by atoms with van der Waals surface area (Å²) < 4.78 is 0. The second-order valence-electron chi connectivity index (χ2n) is 9.03. The number of hydrogen-bond donors (Lipinski definition) is 0. The van der Waals surface area contributed by atoms with Crippen molar-refractivity contribution in [2.75, 3.05) is 33.1 Å². The second-order valence-corrected chi connectivity index (χ2v) is 9.03. The summed E-state index contributed by atoms with van der Waals surface area (Å²) in [6.07, 6.45) is 6.76. The van der Waals surface area contributed by atoms with Crippen molar-refractivity contribution in [3.63, 3.8) is 0 Å². The summed E-state index contributed by atoms with van der Waals surface area (Å²) in [6.45, 7) is 0. The summed E-state index contributed by atoms with van der Waals surface area (Å²) in [5.41, 5.74) is 8.01. The van der Waals surface area contributed by atoms with E-state index in [-0.39, 0.29) is 0 Å². The zero-order valence-electron chi connectivity index (χ0n) is 19.4. The van der Waals surface area contributed by atoms with Crippen LogP contribution in [0.4, 0.5) is 5.69 Å². The molecule has 0 aliphatic heterocycles. The van der Waals surface area contributed by atoms with Gasteiger partial charge in [-0.25, -0.2) is 0 Å². The number of allylic oxidation sites excluding steroid dienone is 4. The van der Waals surface area contributed by atoms with E-state index in [1.54, 1.807) is 0 Å². The third-order valence-electron chi connectivity index (χ3n) is 6.63. The van der Waals surface area contributed by atoms with Gasteiger partial charge in [0.05, 0.1) is 0 Å². The highest BCUT2D eigenvalue weighted by atomic mass is 15.1. The molecule has 0 spiro atoms. The van der Waals surface area contributed by atoms with Crippen LogP contribution in [-0.2, 0) is 0 Å². The molecule has 0 amide bonds. The molecule has 0 saturated carbocycles. The fourth-order valence-corrected chi connectivity index (χ4v) is 4.92. The predicted octanol–water partition coefficient (Wildman–Crippen LogP) is 7.35. The molecule has 0 bridgehead atoms. The number of anilines is 1. The van der Waals surface area contributed by atoms with E-state index in [9.17, 15) is 0 Å². The molecular formula is C30H30N2. The summed E-state index contributed by atoms with van der Waals surface area (Å²) >= 11 is 0. The van der Waals surface area contributed by atoms with E-state index in [4.69, 9.17) is 0 Å². The Hall–Kier alpha value is -3.52. The molecule has 0 saturated heterocycles. The molecule has 0 radical (unpaired) electrons. The Bertz CT molecular complexity index is 1300. The lowest BCUT2D eigenvalue weighted by Crippen LogP contribution is -2.12. The van der Waals surface area contributed by atoms with Gasteiger partial charge in [-0.3, -0.25) is 0 Å². The van der Waals surface area contributed by atoms with Gasteiger partial charge in [-0.2, -0.15) is 0 Å². The highest BCUT2D eigenvalue weighted by Crippen LogP contribution is 2.43. The molecule has 32 heavy (non-hydrogen) atoms. The van der Waals surface area contributed by atoms with Crippen LogP contribution in [0.2, 0.25) is 0 Å². The first-order valence-electron chi connectivity index (χ1n) is 11.3. The standard InChI is InChI=1S/C30H30N2/c1-31(2)23-17-13-21(14-18-23)29-25-9-5-7-11-27(25)30(28-12-8-6-10-26(28)29)22-15-19-24(20-16-22)32(3)4/h5-15,17-19H,16,20H2,1-4H3. The molecular weight excluding hydrogens is 388 g/mol. The van der Waals surface area contributed by atoms with Gasteiger partial charge in [0.25, 0.3) is 0 Å². The van der Waals surface area contributed by atoms with E-state index in [1.807, 2.05) is 0 Å². The van der Waals surface area contributed by atoms with Crippen molar-refractivity contribution in [3.05, 3.63) is 96.2 Å². The van der Waals surface area contributed by atoms with E-state index in [2.05, 4.69) is 123 Å². The van der Waals surface area contributed by atoms with Gasteiger partial charge in [0, 0.05) is 39.6 Å². The predicted molar refractivity (Wildman–Crippen MR) is 140 cm³/mol. The van der Waals surface area contributed by atoms with Crippen LogP contribution >= 0.6 is 0 Å². The van der Waals surface area contributed by atoms with Crippen molar-refractivity contribution in [2.24, 2.45) is 0 Å². The Kier molecular flexibility index (Phi) is 5.22. The van der Waals surface area contributed by atoms with Crippen LogP contribution in [0.5, 0.6) is 0 Å². The summed E-state index contributed by atoms with van der Waals surface area (Å²) in [7, 11) is 8.43. The third kappa shape index (κ3) is 3.46. The van der Waals surface area contributed by atoms with Crippen molar-refractivity contribution in [1.29, 1.82) is 0 Å². The second kappa shape index (κ2) is 8.20. The van der Waals surface area contributed by atoms with E-state index in [1.165, 1.54) is 55.2 Å². The van der Waals surface area contributed by atoms with Crippen LogP contribution in [0.3, 0.4) is 0 Å². The van der Waals surface area contributed by atoms with Crippen molar-refractivity contribution >= 4 is 32.8 Å². The zero-order chi connectivity index (χ0) is 22.2. The number of benzene rings is 4. The van der Waals surface area contributed by atoms with E-state index >= 15 is 0 Å². The molecule has 160 valence electrons. The SMILES string of the molecule is CN(C)C1=CC=C(c2c3ccccc3c(-c3ccc(N(C)C)cc3)c3ccccc23)CC1. The maximum atomic E-state index is 2.33. The monoisotopic (exact) mass is 418 g/mol. The van der Waals surface area contributed by atoms with Crippen LogP contribution in [0.1, 0.15) is 18.4 Å². The van der Waals surface area contributed by atoms with Crippen molar-refractivity contribution in [3.8, 4) is 11.1 Å². The first kappa shape index (κ1) is 20.4. The van der Waals surface area contributed by atoms with Gasteiger partial charge < -0.3 is 9.80 Å². The molecule has 0 N–H and O–H groups in total. The first-order valence-corrected chi connectivity index (χ1v) is 11.3. The van der Waals surface area contributed by atoms with E-state index in [0.29, 0.717) is 0 Å². The van der Waals surface area contributed by atoms with E-state index < -0.39 is 0 Å². The lowest BCUT2D eigenvalue weighted by molar-refractivity contribution is 0.487. The number of fused-ring (bicyclic) bond motifs is 2. The Morgan fingerprint density at radius 2 is 1.06 bits per heavy atom.